The second-order valence-corrected chi connectivity index (χ2v) is 5.04. The van der Waals surface area contributed by atoms with Crippen molar-refractivity contribution in [2.75, 3.05) is 6.61 Å². The van der Waals surface area contributed by atoms with Crippen molar-refractivity contribution in [3.8, 4) is 5.88 Å². The standard InChI is InChI=1S/C14H24N2O/c1-6-7-8-17-14-12(10(2)3)9-13(11(4)5)15-16-14/h9-11H,6-8H2,1-5H3. The highest BCUT2D eigenvalue weighted by Crippen LogP contribution is 2.26. The molecule has 96 valence electrons. The predicted octanol–water partition coefficient (Wildman–Crippen LogP) is 3.90. The molecule has 0 aliphatic carbocycles. The zero-order valence-corrected chi connectivity index (χ0v) is 11.7. The molecule has 1 aromatic heterocycles. The number of hydrogen-bond donors (Lipinski definition) is 0. The quantitative estimate of drug-likeness (QED) is 0.703. The van der Waals surface area contributed by atoms with Crippen molar-refractivity contribution < 1.29 is 4.74 Å². The number of ether oxygens (including phenoxy) is 1. The first-order valence-corrected chi connectivity index (χ1v) is 6.56. The van der Waals surface area contributed by atoms with E-state index in [1.165, 1.54) is 5.56 Å². The van der Waals surface area contributed by atoms with Crippen molar-refractivity contribution in [3.05, 3.63) is 17.3 Å². The summed E-state index contributed by atoms with van der Waals surface area (Å²) in [6, 6.07) is 2.13. The van der Waals surface area contributed by atoms with Crippen LogP contribution >= 0.6 is 0 Å². The SMILES string of the molecule is CCCCOc1nnc(C(C)C)cc1C(C)C. The molecule has 0 saturated heterocycles. The molecule has 3 nitrogen and oxygen atoms in total. The Hall–Kier alpha value is -1.12. The van der Waals surface area contributed by atoms with Gasteiger partial charge < -0.3 is 4.74 Å². The number of unbranched alkanes of at least 4 members (excludes halogenated alkanes) is 1. The molecule has 3 heteroatoms. The van der Waals surface area contributed by atoms with Gasteiger partial charge in [0.2, 0.25) is 5.88 Å². The van der Waals surface area contributed by atoms with Gasteiger partial charge in [-0.15, -0.1) is 5.10 Å². The summed E-state index contributed by atoms with van der Waals surface area (Å²) in [5.41, 5.74) is 2.20. The highest BCUT2D eigenvalue weighted by atomic mass is 16.5. The van der Waals surface area contributed by atoms with Crippen molar-refractivity contribution in [2.24, 2.45) is 0 Å². The Kier molecular flexibility index (Phi) is 5.39. The van der Waals surface area contributed by atoms with Crippen molar-refractivity contribution in [3.63, 3.8) is 0 Å². The van der Waals surface area contributed by atoms with Gasteiger partial charge in [-0.25, -0.2) is 0 Å². The average Bonchev–Trinajstić information content (AvgIpc) is 2.29. The summed E-state index contributed by atoms with van der Waals surface area (Å²) in [6.45, 7) is 11.5. The van der Waals surface area contributed by atoms with Crippen LogP contribution in [0, 0.1) is 0 Å². The summed E-state index contributed by atoms with van der Waals surface area (Å²) in [6.07, 6.45) is 2.19. The van der Waals surface area contributed by atoms with Gasteiger partial charge in [0.05, 0.1) is 12.3 Å². The van der Waals surface area contributed by atoms with Gasteiger partial charge in [-0.2, -0.15) is 5.10 Å². The second-order valence-electron chi connectivity index (χ2n) is 5.04. The van der Waals surface area contributed by atoms with Gasteiger partial charge in [0, 0.05) is 5.56 Å². The Bertz CT molecular complexity index is 348. The molecule has 0 unspecified atom stereocenters. The molecule has 0 radical (unpaired) electrons. The van der Waals surface area contributed by atoms with Crippen LogP contribution in [0.3, 0.4) is 0 Å². The van der Waals surface area contributed by atoms with Crippen LogP contribution in [0.1, 0.15) is 70.6 Å². The van der Waals surface area contributed by atoms with Crippen LogP contribution < -0.4 is 4.74 Å². The van der Waals surface area contributed by atoms with Crippen LogP contribution in [0.5, 0.6) is 5.88 Å². The highest BCUT2D eigenvalue weighted by Gasteiger charge is 2.13. The van der Waals surface area contributed by atoms with Crippen LogP contribution in [0.2, 0.25) is 0 Å². The third kappa shape index (κ3) is 3.99. The Balaban J connectivity index is 2.88. The zero-order chi connectivity index (χ0) is 12.8. The number of nitrogens with zero attached hydrogens (tertiary/aromatic N) is 2. The summed E-state index contributed by atoms with van der Waals surface area (Å²) in [4.78, 5) is 0. The second kappa shape index (κ2) is 6.58. The van der Waals surface area contributed by atoms with E-state index in [-0.39, 0.29) is 0 Å². The first kappa shape index (κ1) is 13.9. The van der Waals surface area contributed by atoms with E-state index in [2.05, 4.69) is 50.9 Å². The lowest BCUT2D eigenvalue weighted by Crippen LogP contribution is -2.07. The van der Waals surface area contributed by atoms with E-state index in [1.54, 1.807) is 0 Å². The average molecular weight is 236 g/mol. The molecule has 0 amide bonds. The van der Waals surface area contributed by atoms with Crippen molar-refractivity contribution in [1.29, 1.82) is 0 Å². The zero-order valence-electron chi connectivity index (χ0n) is 11.7. The Morgan fingerprint density at radius 2 is 1.82 bits per heavy atom. The molecule has 0 fully saturated rings. The summed E-state index contributed by atoms with van der Waals surface area (Å²) >= 11 is 0. The van der Waals surface area contributed by atoms with E-state index in [9.17, 15) is 0 Å². The molecule has 0 bridgehead atoms. The molecule has 0 aliphatic rings. The van der Waals surface area contributed by atoms with Gasteiger partial charge in [-0.1, -0.05) is 41.0 Å². The summed E-state index contributed by atoms with van der Waals surface area (Å²) < 4.78 is 5.70. The molecule has 17 heavy (non-hydrogen) atoms. The fourth-order valence-electron chi connectivity index (χ4n) is 1.53. The van der Waals surface area contributed by atoms with E-state index in [4.69, 9.17) is 4.74 Å². The molecular weight excluding hydrogens is 212 g/mol. The van der Waals surface area contributed by atoms with Crippen molar-refractivity contribution in [1.82, 2.24) is 10.2 Å². The molecule has 0 aliphatic heterocycles. The number of rotatable bonds is 6. The lowest BCUT2D eigenvalue weighted by Gasteiger charge is -2.14. The molecule has 1 aromatic rings. The predicted molar refractivity (Wildman–Crippen MR) is 70.6 cm³/mol. The van der Waals surface area contributed by atoms with Crippen LogP contribution in [0.15, 0.2) is 6.07 Å². The fourth-order valence-corrected chi connectivity index (χ4v) is 1.53. The number of aromatic nitrogens is 2. The van der Waals surface area contributed by atoms with Crippen molar-refractivity contribution in [2.45, 2.75) is 59.3 Å². The maximum Gasteiger partial charge on any atom is 0.236 e. The largest absolute Gasteiger partial charge is 0.476 e. The first-order valence-electron chi connectivity index (χ1n) is 6.56. The monoisotopic (exact) mass is 236 g/mol. The topological polar surface area (TPSA) is 35.0 Å². The minimum Gasteiger partial charge on any atom is -0.476 e. The molecular formula is C14H24N2O. The van der Waals surface area contributed by atoms with Gasteiger partial charge in [0.1, 0.15) is 0 Å². The smallest absolute Gasteiger partial charge is 0.236 e. The third-order valence-corrected chi connectivity index (χ3v) is 2.76. The third-order valence-electron chi connectivity index (χ3n) is 2.76. The van der Waals surface area contributed by atoms with Crippen molar-refractivity contribution >= 4 is 0 Å². The maximum absolute atomic E-state index is 5.70. The van der Waals surface area contributed by atoms with E-state index < -0.39 is 0 Å². The fraction of sp³-hybridized carbons (Fsp3) is 0.714. The summed E-state index contributed by atoms with van der Waals surface area (Å²) in [5, 5.41) is 8.45. The Morgan fingerprint density at radius 3 is 2.35 bits per heavy atom. The maximum atomic E-state index is 5.70. The number of hydrogen-bond acceptors (Lipinski definition) is 3. The molecule has 1 rings (SSSR count). The van der Waals surface area contributed by atoms with Gasteiger partial charge in [-0.05, 0) is 24.3 Å². The highest BCUT2D eigenvalue weighted by molar-refractivity contribution is 5.30. The molecule has 0 saturated carbocycles. The summed E-state index contributed by atoms with van der Waals surface area (Å²) in [5.74, 6) is 1.53. The lowest BCUT2D eigenvalue weighted by molar-refractivity contribution is 0.289. The lowest BCUT2D eigenvalue weighted by atomic mass is 10.0. The first-order chi connectivity index (χ1) is 8.06. The molecule has 0 atom stereocenters. The minimum absolute atomic E-state index is 0.407. The molecule has 0 N–H and O–H groups in total. The molecule has 0 aromatic carbocycles. The van der Waals surface area contributed by atoms with E-state index in [1.807, 2.05) is 0 Å². The Morgan fingerprint density at radius 1 is 1.12 bits per heavy atom. The minimum atomic E-state index is 0.407. The summed E-state index contributed by atoms with van der Waals surface area (Å²) in [7, 11) is 0. The Labute approximate surface area is 105 Å². The normalized spacial score (nSPS) is 11.2. The van der Waals surface area contributed by atoms with Crippen LogP contribution in [-0.4, -0.2) is 16.8 Å². The molecule has 1 heterocycles. The van der Waals surface area contributed by atoms with Crippen LogP contribution in [0.4, 0.5) is 0 Å². The van der Waals surface area contributed by atoms with Crippen LogP contribution in [0.25, 0.3) is 0 Å². The van der Waals surface area contributed by atoms with Gasteiger partial charge >= 0.3 is 0 Å². The van der Waals surface area contributed by atoms with Gasteiger partial charge in [0.15, 0.2) is 0 Å². The van der Waals surface area contributed by atoms with E-state index in [0.29, 0.717) is 17.7 Å². The van der Waals surface area contributed by atoms with E-state index >= 15 is 0 Å². The van der Waals surface area contributed by atoms with Crippen LogP contribution in [-0.2, 0) is 0 Å². The van der Waals surface area contributed by atoms with E-state index in [0.717, 1.165) is 25.1 Å². The van der Waals surface area contributed by atoms with Gasteiger partial charge in [-0.3, -0.25) is 0 Å². The molecule has 0 spiro atoms. The van der Waals surface area contributed by atoms with Gasteiger partial charge in [0.25, 0.3) is 0 Å².